The lowest BCUT2D eigenvalue weighted by Gasteiger charge is -2.28. The fourth-order valence-electron chi connectivity index (χ4n) is 5.70. The minimum atomic E-state index is -1.16. The first-order valence-corrected chi connectivity index (χ1v) is 13.7. The minimum Gasteiger partial charge on any atom is -0.462 e. The van der Waals surface area contributed by atoms with Crippen LogP contribution < -0.4 is 9.96 Å². The molecule has 0 saturated carbocycles. The van der Waals surface area contributed by atoms with Gasteiger partial charge in [0.05, 0.1) is 28.8 Å². The fraction of sp³-hybridized carbons (Fsp3) is 0.321. The third-order valence-electron chi connectivity index (χ3n) is 7.38. The van der Waals surface area contributed by atoms with E-state index in [0.717, 1.165) is 34.6 Å². The third kappa shape index (κ3) is 4.09. The summed E-state index contributed by atoms with van der Waals surface area (Å²) >= 11 is 1.29. The maximum Gasteiger partial charge on any atom is 0.341 e. The lowest BCUT2D eigenvalue weighted by molar-refractivity contribution is -0.384. The number of para-hydroxylation sites is 1. The number of non-ortho nitro benzene ring substituents is 1. The number of imide groups is 1. The predicted octanol–water partition coefficient (Wildman–Crippen LogP) is 4.76. The normalized spacial score (nSPS) is 22.1. The highest BCUT2D eigenvalue weighted by atomic mass is 32.1. The number of benzene rings is 2. The minimum absolute atomic E-state index is 0.131. The van der Waals surface area contributed by atoms with Gasteiger partial charge in [-0.3, -0.25) is 24.5 Å². The van der Waals surface area contributed by atoms with E-state index in [1.807, 2.05) is 6.07 Å². The fourth-order valence-corrected chi connectivity index (χ4v) is 7.08. The highest BCUT2D eigenvalue weighted by molar-refractivity contribution is 7.17. The van der Waals surface area contributed by atoms with Gasteiger partial charge in [0.25, 0.3) is 11.6 Å². The molecule has 1 aromatic heterocycles. The molecule has 2 aromatic carbocycles. The smallest absolute Gasteiger partial charge is 0.341 e. The number of aryl methyl sites for hydroxylation is 1. The zero-order chi connectivity index (χ0) is 27.3. The number of hydrogen-bond donors (Lipinski definition) is 0. The number of ether oxygens (including phenoxy) is 1. The van der Waals surface area contributed by atoms with Crippen molar-refractivity contribution in [3.8, 4) is 0 Å². The van der Waals surface area contributed by atoms with Crippen LogP contribution in [0.2, 0.25) is 0 Å². The van der Waals surface area contributed by atoms with Crippen LogP contribution in [0.5, 0.6) is 0 Å². The molecular formula is C28H25N3O7S. The number of thiophene rings is 1. The van der Waals surface area contributed by atoms with Crippen molar-refractivity contribution < 1.29 is 28.9 Å². The van der Waals surface area contributed by atoms with Crippen LogP contribution in [0.3, 0.4) is 0 Å². The Morgan fingerprint density at radius 2 is 1.87 bits per heavy atom. The number of esters is 1. The molecule has 39 heavy (non-hydrogen) atoms. The summed E-state index contributed by atoms with van der Waals surface area (Å²) in [5, 5.41) is 13.3. The number of nitro benzene ring substituents is 1. The summed E-state index contributed by atoms with van der Waals surface area (Å²) in [6.45, 7) is 1.88. The molecule has 3 aliphatic rings. The molecule has 200 valence electrons. The molecule has 3 aromatic rings. The Bertz CT molecular complexity index is 1490. The number of carbonyl (C=O) groups excluding carboxylic acids is 3. The van der Waals surface area contributed by atoms with Crippen molar-refractivity contribution in [3.63, 3.8) is 0 Å². The van der Waals surface area contributed by atoms with E-state index in [9.17, 15) is 24.5 Å². The van der Waals surface area contributed by atoms with Crippen molar-refractivity contribution in [2.24, 2.45) is 5.92 Å². The van der Waals surface area contributed by atoms with Crippen molar-refractivity contribution in [2.45, 2.75) is 44.8 Å². The average molecular weight is 548 g/mol. The molecule has 11 heteroatoms. The SMILES string of the molecule is CCOC(=O)c1c(N2C(=O)[C@@H]3[C@@H](c4cccc([N+](=O)[O-])c4)N(c4ccccc4)O[C@H]3C2=O)sc2c1CCCC2. The van der Waals surface area contributed by atoms with Crippen LogP contribution in [0.25, 0.3) is 0 Å². The molecule has 0 N–H and O–H groups in total. The Hall–Kier alpha value is -4.09. The van der Waals surface area contributed by atoms with Crippen molar-refractivity contribution in [2.75, 3.05) is 16.6 Å². The van der Waals surface area contributed by atoms with Crippen LogP contribution in [0.15, 0.2) is 54.6 Å². The molecular weight excluding hydrogens is 522 g/mol. The van der Waals surface area contributed by atoms with Crippen molar-refractivity contribution in [3.05, 3.63) is 86.3 Å². The number of hydrogen-bond acceptors (Lipinski definition) is 9. The van der Waals surface area contributed by atoms with Gasteiger partial charge in [0.15, 0.2) is 6.10 Å². The van der Waals surface area contributed by atoms with Crippen LogP contribution in [-0.4, -0.2) is 35.4 Å². The van der Waals surface area contributed by atoms with Gasteiger partial charge in [-0.15, -0.1) is 11.3 Å². The van der Waals surface area contributed by atoms with Crippen LogP contribution >= 0.6 is 11.3 Å². The number of fused-ring (bicyclic) bond motifs is 2. The van der Waals surface area contributed by atoms with E-state index in [4.69, 9.17) is 9.57 Å². The molecule has 0 spiro atoms. The number of hydroxylamine groups is 1. The standard InChI is InChI=1S/C28H25N3O7S/c1-2-37-28(34)21-19-13-6-7-14-20(19)39-27(21)29-25(32)22-23(16-9-8-12-18(15-16)31(35)36)30(38-24(22)26(29)33)17-10-4-3-5-11-17/h3-5,8-12,15,22-24H,2,6-7,13-14H2,1H3/t22-,23-,24-/m1/s1. The van der Waals surface area contributed by atoms with Gasteiger partial charge in [-0.25, -0.2) is 14.8 Å². The molecule has 2 aliphatic heterocycles. The lowest BCUT2D eigenvalue weighted by Crippen LogP contribution is -2.37. The van der Waals surface area contributed by atoms with Crippen LogP contribution in [0.1, 0.15) is 52.2 Å². The molecule has 2 fully saturated rings. The second kappa shape index (κ2) is 9.90. The molecule has 0 unspecified atom stereocenters. The van der Waals surface area contributed by atoms with E-state index < -0.39 is 40.8 Å². The van der Waals surface area contributed by atoms with E-state index in [-0.39, 0.29) is 22.9 Å². The largest absolute Gasteiger partial charge is 0.462 e. The van der Waals surface area contributed by atoms with E-state index >= 15 is 0 Å². The van der Waals surface area contributed by atoms with Gasteiger partial charge in [0.2, 0.25) is 5.91 Å². The number of anilines is 2. The highest BCUT2D eigenvalue weighted by Gasteiger charge is 2.61. The highest BCUT2D eigenvalue weighted by Crippen LogP contribution is 2.50. The van der Waals surface area contributed by atoms with Gasteiger partial charge in [-0.1, -0.05) is 30.3 Å². The number of nitrogens with zero attached hydrogens (tertiary/aromatic N) is 3. The number of amides is 2. The monoisotopic (exact) mass is 547 g/mol. The molecule has 10 nitrogen and oxygen atoms in total. The van der Waals surface area contributed by atoms with Gasteiger partial charge in [0.1, 0.15) is 10.9 Å². The summed E-state index contributed by atoms with van der Waals surface area (Å²) in [4.78, 5) is 60.4. The Kier molecular flexibility index (Phi) is 6.40. The van der Waals surface area contributed by atoms with E-state index in [1.54, 1.807) is 43.3 Å². The number of rotatable bonds is 6. The molecule has 0 bridgehead atoms. The second-order valence-corrected chi connectivity index (χ2v) is 10.7. The Labute approximate surface area is 227 Å². The quantitative estimate of drug-likeness (QED) is 0.188. The second-order valence-electron chi connectivity index (χ2n) is 9.63. The third-order valence-corrected chi connectivity index (χ3v) is 8.66. The summed E-state index contributed by atoms with van der Waals surface area (Å²) in [5.41, 5.74) is 2.08. The zero-order valence-corrected chi connectivity index (χ0v) is 21.9. The van der Waals surface area contributed by atoms with Gasteiger partial charge in [-0.05, 0) is 55.9 Å². The number of nitro groups is 1. The maximum atomic E-state index is 14.1. The maximum absolute atomic E-state index is 14.1. The van der Waals surface area contributed by atoms with Gasteiger partial charge < -0.3 is 4.74 Å². The Morgan fingerprint density at radius 1 is 1.10 bits per heavy atom. The van der Waals surface area contributed by atoms with Gasteiger partial charge in [-0.2, -0.15) is 0 Å². The Morgan fingerprint density at radius 3 is 2.62 bits per heavy atom. The van der Waals surface area contributed by atoms with Crippen molar-refractivity contribution in [1.29, 1.82) is 0 Å². The van der Waals surface area contributed by atoms with E-state index in [1.165, 1.54) is 28.5 Å². The summed E-state index contributed by atoms with van der Waals surface area (Å²) in [6, 6.07) is 14.2. The predicted molar refractivity (Wildman–Crippen MR) is 143 cm³/mol. The van der Waals surface area contributed by atoms with Gasteiger partial charge >= 0.3 is 5.97 Å². The molecule has 3 atom stereocenters. The van der Waals surface area contributed by atoms with Crippen LogP contribution in [-0.2, 0) is 32.0 Å². The molecule has 6 rings (SSSR count). The first kappa shape index (κ1) is 25.2. The van der Waals surface area contributed by atoms with Crippen LogP contribution in [0.4, 0.5) is 16.4 Å². The van der Waals surface area contributed by atoms with Crippen LogP contribution in [0, 0.1) is 16.0 Å². The zero-order valence-electron chi connectivity index (χ0n) is 21.1. The van der Waals surface area contributed by atoms with E-state index in [0.29, 0.717) is 17.7 Å². The first-order chi connectivity index (χ1) is 18.9. The lowest BCUT2D eigenvalue weighted by atomic mass is 9.90. The summed E-state index contributed by atoms with van der Waals surface area (Å²) < 4.78 is 5.33. The van der Waals surface area contributed by atoms with Gasteiger partial charge in [0, 0.05) is 17.0 Å². The van der Waals surface area contributed by atoms with Crippen molar-refractivity contribution >= 4 is 45.5 Å². The van der Waals surface area contributed by atoms with E-state index in [2.05, 4.69) is 0 Å². The average Bonchev–Trinajstić information content (AvgIpc) is 3.59. The molecule has 2 saturated heterocycles. The topological polar surface area (TPSA) is 119 Å². The molecule has 3 heterocycles. The molecule has 1 aliphatic carbocycles. The summed E-state index contributed by atoms with van der Waals surface area (Å²) in [7, 11) is 0. The molecule has 0 radical (unpaired) electrons. The molecule has 2 amide bonds. The van der Waals surface area contributed by atoms with Crippen molar-refractivity contribution in [1.82, 2.24) is 0 Å². The Balaban J connectivity index is 1.45. The summed E-state index contributed by atoms with van der Waals surface area (Å²) in [5.74, 6) is -2.60. The summed E-state index contributed by atoms with van der Waals surface area (Å²) in [6.07, 6.45) is 2.16. The first-order valence-electron chi connectivity index (χ1n) is 12.9. The number of carbonyl (C=O) groups is 3.